The maximum Gasteiger partial charge on any atom is 0.414 e. The number of carboxylic acid groups (broad SMARTS) is 1. The molecule has 0 unspecified atom stereocenters. The zero-order chi connectivity index (χ0) is 19.6. The molecule has 142 valence electrons. The number of nitrogens with zero attached hydrogens (tertiary/aromatic N) is 5. The van der Waals surface area contributed by atoms with Crippen LogP contribution in [0.2, 0.25) is 0 Å². The summed E-state index contributed by atoms with van der Waals surface area (Å²) in [5.41, 5.74) is 1.04. The molecule has 1 amide bonds. The number of carbonyl (C=O) groups is 1. The summed E-state index contributed by atoms with van der Waals surface area (Å²) in [6.45, 7) is 3.52. The summed E-state index contributed by atoms with van der Waals surface area (Å²) in [5.74, 6) is 1.82. The van der Waals surface area contributed by atoms with Crippen LogP contribution >= 0.6 is 0 Å². The molecule has 0 saturated heterocycles. The van der Waals surface area contributed by atoms with Crippen LogP contribution < -0.4 is 19.7 Å². The third-order valence-corrected chi connectivity index (χ3v) is 3.91. The van der Waals surface area contributed by atoms with Crippen molar-refractivity contribution in [1.82, 2.24) is 19.6 Å². The summed E-state index contributed by atoms with van der Waals surface area (Å²) in [6, 6.07) is 5.01. The van der Waals surface area contributed by atoms with Gasteiger partial charge < -0.3 is 19.9 Å². The standard InChI is InChI=1S/C17H20N6O4/c1-10(2)23(17(24)25)16-21-20-15-14(18-7-8-22(15)16)19-12-6-5-11(26-3)9-13(12)27-4/h5-10H,1-4H3,(H,18,19)(H,24,25). The van der Waals surface area contributed by atoms with Gasteiger partial charge in [0.2, 0.25) is 11.6 Å². The van der Waals surface area contributed by atoms with Crippen molar-refractivity contribution in [2.75, 3.05) is 24.4 Å². The van der Waals surface area contributed by atoms with E-state index >= 15 is 0 Å². The first-order valence-electron chi connectivity index (χ1n) is 8.17. The molecule has 3 aromatic rings. The van der Waals surface area contributed by atoms with E-state index in [1.807, 2.05) is 0 Å². The summed E-state index contributed by atoms with van der Waals surface area (Å²) in [6.07, 6.45) is 2.04. The highest BCUT2D eigenvalue weighted by Crippen LogP contribution is 2.32. The number of hydrogen-bond acceptors (Lipinski definition) is 7. The molecule has 0 fully saturated rings. The van der Waals surface area contributed by atoms with Crippen LogP contribution in [-0.2, 0) is 0 Å². The van der Waals surface area contributed by atoms with Crippen molar-refractivity contribution >= 4 is 29.2 Å². The van der Waals surface area contributed by atoms with Gasteiger partial charge in [0.1, 0.15) is 11.5 Å². The van der Waals surface area contributed by atoms with Crippen LogP contribution in [0, 0.1) is 0 Å². The van der Waals surface area contributed by atoms with Gasteiger partial charge in [-0.05, 0) is 26.0 Å². The van der Waals surface area contributed by atoms with Crippen LogP contribution in [0.25, 0.3) is 5.65 Å². The predicted octanol–water partition coefficient (Wildman–Crippen LogP) is 2.78. The molecule has 2 heterocycles. The van der Waals surface area contributed by atoms with Gasteiger partial charge in [-0.15, -0.1) is 10.2 Å². The lowest BCUT2D eigenvalue weighted by Crippen LogP contribution is -2.37. The molecule has 10 heteroatoms. The third-order valence-electron chi connectivity index (χ3n) is 3.91. The van der Waals surface area contributed by atoms with Gasteiger partial charge in [0, 0.05) is 24.5 Å². The van der Waals surface area contributed by atoms with Crippen molar-refractivity contribution in [3.8, 4) is 11.5 Å². The number of fused-ring (bicyclic) bond motifs is 1. The number of methoxy groups -OCH3 is 2. The molecule has 0 spiro atoms. The summed E-state index contributed by atoms with van der Waals surface area (Å²) < 4.78 is 12.1. The molecule has 0 radical (unpaired) electrons. The van der Waals surface area contributed by atoms with E-state index in [2.05, 4.69) is 20.5 Å². The predicted molar refractivity (Wildman–Crippen MR) is 99.3 cm³/mol. The Hall–Kier alpha value is -3.56. The lowest BCUT2D eigenvalue weighted by Gasteiger charge is -2.20. The van der Waals surface area contributed by atoms with E-state index in [1.54, 1.807) is 63.1 Å². The number of nitrogens with one attached hydrogen (secondary N) is 1. The zero-order valence-electron chi connectivity index (χ0n) is 15.4. The average molecular weight is 372 g/mol. The van der Waals surface area contributed by atoms with E-state index in [0.717, 1.165) is 4.90 Å². The van der Waals surface area contributed by atoms with E-state index in [9.17, 15) is 9.90 Å². The fraction of sp³-hybridized carbons (Fsp3) is 0.294. The number of rotatable bonds is 6. The molecular weight excluding hydrogens is 352 g/mol. The van der Waals surface area contributed by atoms with Crippen LogP contribution in [0.1, 0.15) is 13.8 Å². The quantitative estimate of drug-likeness (QED) is 0.679. The highest BCUT2D eigenvalue weighted by atomic mass is 16.5. The Labute approximate surface area is 155 Å². The largest absolute Gasteiger partial charge is 0.497 e. The number of benzene rings is 1. The van der Waals surface area contributed by atoms with E-state index in [0.29, 0.717) is 28.7 Å². The van der Waals surface area contributed by atoms with Gasteiger partial charge in [0.05, 0.1) is 19.9 Å². The SMILES string of the molecule is COc1ccc(Nc2nccn3c(N(C(=O)O)C(C)C)nnc23)c(OC)c1. The molecule has 0 bridgehead atoms. The lowest BCUT2D eigenvalue weighted by molar-refractivity contribution is 0.199. The van der Waals surface area contributed by atoms with Crippen molar-refractivity contribution in [3.05, 3.63) is 30.6 Å². The van der Waals surface area contributed by atoms with Gasteiger partial charge in [0.25, 0.3) is 0 Å². The van der Waals surface area contributed by atoms with Gasteiger partial charge in [-0.25, -0.2) is 14.7 Å². The highest BCUT2D eigenvalue weighted by Gasteiger charge is 2.24. The van der Waals surface area contributed by atoms with Crippen molar-refractivity contribution in [2.45, 2.75) is 19.9 Å². The van der Waals surface area contributed by atoms with Crippen LogP contribution in [0.4, 0.5) is 22.2 Å². The molecule has 2 N–H and O–H groups in total. The van der Waals surface area contributed by atoms with Crippen molar-refractivity contribution in [2.24, 2.45) is 0 Å². The van der Waals surface area contributed by atoms with E-state index in [4.69, 9.17) is 9.47 Å². The Balaban J connectivity index is 2.04. The maximum atomic E-state index is 11.6. The topological polar surface area (TPSA) is 114 Å². The Morgan fingerprint density at radius 3 is 2.67 bits per heavy atom. The van der Waals surface area contributed by atoms with Crippen LogP contribution in [0.15, 0.2) is 30.6 Å². The molecule has 0 aliphatic carbocycles. The van der Waals surface area contributed by atoms with E-state index in [1.165, 1.54) is 0 Å². The minimum absolute atomic E-state index is 0.194. The monoisotopic (exact) mass is 372 g/mol. The Bertz CT molecular complexity index is 971. The van der Waals surface area contributed by atoms with Crippen molar-refractivity contribution < 1.29 is 19.4 Å². The molecule has 0 aliphatic heterocycles. The van der Waals surface area contributed by atoms with Gasteiger partial charge in [-0.2, -0.15) is 0 Å². The number of anilines is 3. The van der Waals surface area contributed by atoms with E-state index in [-0.39, 0.29) is 12.0 Å². The smallest absolute Gasteiger partial charge is 0.414 e. The van der Waals surface area contributed by atoms with Crippen LogP contribution in [0.5, 0.6) is 11.5 Å². The molecule has 3 rings (SSSR count). The average Bonchev–Trinajstić information content (AvgIpc) is 3.06. The fourth-order valence-corrected chi connectivity index (χ4v) is 2.63. The minimum Gasteiger partial charge on any atom is -0.497 e. The molecule has 0 aliphatic rings. The summed E-state index contributed by atoms with van der Waals surface area (Å²) in [5, 5.41) is 20.8. The number of ether oxygens (including phenoxy) is 2. The van der Waals surface area contributed by atoms with Gasteiger partial charge in [0.15, 0.2) is 5.82 Å². The van der Waals surface area contributed by atoms with Crippen LogP contribution in [0.3, 0.4) is 0 Å². The highest BCUT2D eigenvalue weighted by molar-refractivity contribution is 5.85. The number of hydrogen-bond donors (Lipinski definition) is 2. The molecule has 0 saturated carbocycles. The first kappa shape index (κ1) is 18.2. The molecular formula is C17H20N6O4. The summed E-state index contributed by atoms with van der Waals surface area (Å²) in [4.78, 5) is 17.0. The van der Waals surface area contributed by atoms with Crippen molar-refractivity contribution in [3.63, 3.8) is 0 Å². The minimum atomic E-state index is -1.11. The normalized spacial score (nSPS) is 10.9. The molecule has 10 nitrogen and oxygen atoms in total. The maximum absolute atomic E-state index is 11.6. The molecule has 1 aromatic carbocycles. The zero-order valence-corrected chi connectivity index (χ0v) is 15.4. The van der Waals surface area contributed by atoms with Gasteiger partial charge in [-0.1, -0.05) is 0 Å². The number of aromatic nitrogens is 4. The molecule has 27 heavy (non-hydrogen) atoms. The van der Waals surface area contributed by atoms with Crippen molar-refractivity contribution in [1.29, 1.82) is 0 Å². The second-order valence-corrected chi connectivity index (χ2v) is 5.91. The second-order valence-electron chi connectivity index (χ2n) is 5.91. The first-order chi connectivity index (χ1) is 13.0. The third kappa shape index (κ3) is 3.41. The van der Waals surface area contributed by atoms with Crippen LogP contribution in [-0.4, -0.2) is 51.0 Å². The van der Waals surface area contributed by atoms with Gasteiger partial charge >= 0.3 is 6.09 Å². The lowest BCUT2D eigenvalue weighted by atomic mass is 10.2. The summed E-state index contributed by atoms with van der Waals surface area (Å²) in [7, 11) is 3.13. The Kier molecular flexibility index (Phi) is 4.97. The van der Waals surface area contributed by atoms with E-state index < -0.39 is 6.09 Å². The second kappa shape index (κ2) is 7.36. The molecule has 0 atom stereocenters. The first-order valence-corrected chi connectivity index (χ1v) is 8.17. The Morgan fingerprint density at radius 1 is 1.26 bits per heavy atom. The molecule has 2 aromatic heterocycles. The number of amides is 1. The fourth-order valence-electron chi connectivity index (χ4n) is 2.63. The Morgan fingerprint density at radius 2 is 2.04 bits per heavy atom. The van der Waals surface area contributed by atoms with Gasteiger partial charge in [-0.3, -0.25) is 4.40 Å². The summed E-state index contributed by atoms with van der Waals surface area (Å²) >= 11 is 0.